The number of anilines is 1. The van der Waals surface area contributed by atoms with E-state index >= 15 is 0 Å². The molecule has 2 amide bonds. The van der Waals surface area contributed by atoms with E-state index in [9.17, 15) is 18.0 Å². The van der Waals surface area contributed by atoms with Gasteiger partial charge in [-0.3, -0.25) is 13.9 Å². The van der Waals surface area contributed by atoms with Gasteiger partial charge in [-0.05, 0) is 73.7 Å². The zero-order valence-corrected chi connectivity index (χ0v) is 25.2. The Morgan fingerprint density at radius 1 is 0.927 bits per heavy atom. The Bertz CT molecular complexity index is 1420. The lowest BCUT2D eigenvalue weighted by Gasteiger charge is -2.33. The molecule has 4 rings (SSSR count). The van der Waals surface area contributed by atoms with Crippen LogP contribution in [0.25, 0.3) is 0 Å². The zero-order valence-electron chi connectivity index (χ0n) is 23.6. The number of hydrogen-bond donors (Lipinski definition) is 1. The van der Waals surface area contributed by atoms with Gasteiger partial charge in [0.15, 0.2) is 0 Å². The van der Waals surface area contributed by atoms with Gasteiger partial charge >= 0.3 is 0 Å². The van der Waals surface area contributed by atoms with Gasteiger partial charge in [-0.15, -0.1) is 0 Å². The van der Waals surface area contributed by atoms with E-state index in [1.807, 2.05) is 25.1 Å². The van der Waals surface area contributed by atoms with Crippen molar-refractivity contribution in [3.63, 3.8) is 0 Å². The fourth-order valence-corrected chi connectivity index (χ4v) is 6.78. The molecule has 0 radical (unpaired) electrons. The molecule has 0 aliphatic heterocycles. The van der Waals surface area contributed by atoms with E-state index in [1.54, 1.807) is 55.5 Å². The van der Waals surface area contributed by atoms with E-state index in [4.69, 9.17) is 11.6 Å². The molecule has 9 heteroatoms. The number of carbonyl (C=O) groups is 2. The monoisotopic (exact) mass is 595 g/mol. The van der Waals surface area contributed by atoms with E-state index in [1.165, 1.54) is 17.0 Å². The topological polar surface area (TPSA) is 86.8 Å². The number of nitrogens with zero attached hydrogens (tertiary/aromatic N) is 2. The summed E-state index contributed by atoms with van der Waals surface area (Å²) in [7, 11) is -4.09. The molecule has 1 aliphatic rings. The summed E-state index contributed by atoms with van der Waals surface area (Å²) >= 11 is 6.23. The number of halogens is 1. The minimum atomic E-state index is -4.09. The van der Waals surface area contributed by atoms with Gasteiger partial charge in [0.1, 0.15) is 12.6 Å². The van der Waals surface area contributed by atoms with Gasteiger partial charge in [-0.1, -0.05) is 80.3 Å². The second kappa shape index (κ2) is 14.0. The van der Waals surface area contributed by atoms with Gasteiger partial charge in [0, 0.05) is 17.6 Å². The van der Waals surface area contributed by atoms with Crippen LogP contribution < -0.4 is 9.62 Å². The number of aryl methyl sites for hydroxylation is 1. The Kier molecular flexibility index (Phi) is 10.5. The summed E-state index contributed by atoms with van der Waals surface area (Å²) in [6, 6.07) is 21.6. The summed E-state index contributed by atoms with van der Waals surface area (Å²) in [5, 5.41) is 3.63. The van der Waals surface area contributed by atoms with Gasteiger partial charge in [0.2, 0.25) is 11.8 Å². The smallest absolute Gasteiger partial charge is 0.264 e. The predicted molar refractivity (Wildman–Crippen MR) is 163 cm³/mol. The molecule has 0 saturated heterocycles. The van der Waals surface area contributed by atoms with Crippen molar-refractivity contribution >= 4 is 39.1 Å². The molecule has 1 saturated carbocycles. The standard InChI is InChI=1S/C32H38ClN3O4S/c1-3-25-17-19-29(20-18-25)36(41(39,40)30-15-8-5-9-16-30)23-31(37)35(22-26-11-10-12-27(33)21-26)24(2)32(38)34-28-13-6-4-7-14-28/h5,8-12,15-21,24,28H,3-4,6-7,13-14,22-23H2,1-2H3,(H,34,38)/t24-/m0/s1. The average molecular weight is 596 g/mol. The van der Waals surface area contributed by atoms with Crippen molar-refractivity contribution in [2.45, 2.75) is 75.9 Å². The fraction of sp³-hybridized carbons (Fsp3) is 0.375. The van der Waals surface area contributed by atoms with E-state index in [-0.39, 0.29) is 23.4 Å². The Labute approximate surface area is 248 Å². The van der Waals surface area contributed by atoms with Crippen LogP contribution in [-0.4, -0.2) is 43.8 Å². The van der Waals surface area contributed by atoms with E-state index in [0.29, 0.717) is 10.7 Å². The van der Waals surface area contributed by atoms with Crippen LogP contribution in [0, 0.1) is 0 Å². The lowest BCUT2D eigenvalue weighted by molar-refractivity contribution is -0.139. The van der Waals surface area contributed by atoms with Gasteiger partial charge < -0.3 is 10.2 Å². The second-order valence-corrected chi connectivity index (χ2v) is 12.8. The van der Waals surface area contributed by atoms with Crippen molar-refractivity contribution in [1.29, 1.82) is 0 Å². The van der Waals surface area contributed by atoms with Crippen molar-refractivity contribution < 1.29 is 18.0 Å². The van der Waals surface area contributed by atoms with Crippen LogP contribution in [0.1, 0.15) is 57.1 Å². The summed E-state index contributed by atoms with van der Waals surface area (Å²) in [6.45, 7) is 3.34. The molecule has 0 bridgehead atoms. The summed E-state index contributed by atoms with van der Waals surface area (Å²) in [5.41, 5.74) is 2.17. The maximum Gasteiger partial charge on any atom is 0.264 e. The van der Waals surface area contributed by atoms with Gasteiger partial charge in [0.25, 0.3) is 10.0 Å². The number of rotatable bonds is 11. The summed E-state index contributed by atoms with van der Waals surface area (Å²) in [5.74, 6) is -0.743. The first-order chi connectivity index (χ1) is 19.7. The van der Waals surface area contributed by atoms with Crippen LogP contribution in [0.4, 0.5) is 5.69 Å². The molecular formula is C32H38ClN3O4S. The van der Waals surface area contributed by atoms with Crippen LogP contribution in [0.3, 0.4) is 0 Å². The first kappa shape index (κ1) is 30.6. The molecule has 3 aromatic carbocycles. The van der Waals surface area contributed by atoms with Gasteiger partial charge in [0.05, 0.1) is 10.6 Å². The highest BCUT2D eigenvalue weighted by molar-refractivity contribution is 7.92. The normalized spacial score (nSPS) is 14.7. The summed E-state index contributed by atoms with van der Waals surface area (Å²) < 4.78 is 28.9. The molecule has 0 unspecified atom stereocenters. The Morgan fingerprint density at radius 3 is 2.24 bits per heavy atom. The Morgan fingerprint density at radius 2 is 1.61 bits per heavy atom. The second-order valence-electron chi connectivity index (χ2n) is 10.5. The van der Waals surface area contributed by atoms with Crippen LogP contribution in [0.2, 0.25) is 5.02 Å². The number of benzene rings is 3. The van der Waals surface area contributed by atoms with Crippen LogP contribution in [0.5, 0.6) is 0 Å². The highest BCUT2D eigenvalue weighted by Gasteiger charge is 2.33. The number of amides is 2. The van der Waals surface area contributed by atoms with Crippen molar-refractivity contribution in [1.82, 2.24) is 10.2 Å². The highest BCUT2D eigenvalue weighted by Crippen LogP contribution is 2.26. The molecule has 0 heterocycles. The molecule has 1 aliphatic carbocycles. The maximum atomic E-state index is 14.1. The molecule has 218 valence electrons. The molecular weight excluding hydrogens is 558 g/mol. The number of nitrogens with one attached hydrogen (secondary N) is 1. The van der Waals surface area contributed by atoms with Crippen LogP contribution in [-0.2, 0) is 32.6 Å². The first-order valence-electron chi connectivity index (χ1n) is 14.2. The third-order valence-corrected chi connectivity index (χ3v) is 9.63. The van der Waals surface area contributed by atoms with Crippen molar-refractivity contribution in [2.75, 3.05) is 10.8 Å². The molecule has 3 aromatic rings. The summed E-state index contributed by atoms with van der Waals surface area (Å²) in [4.78, 5) is 29.0. The lowest BCUT2D eigenvalue weighted by atomic mass is 9.95. The molecule has 1 fully saturated rings. The number of hydrogen-bond acceptors (Lipinski definition) is 4. The van der Waals surface area contributed by atoms with E-state index in [0.717, 1.165) is 54.0 Å². The third-order valence-electron chi connectivity index (χ3n) is 7.60. The first-order valence-corrected chi connectivity index (χ1v) is 16.0. The van der Waals surface area contributed by atoms with Crippen LogP contribution >= 0.6 is 11.6 Å². The molecule has 1 atom stereocenters. The average Bonchev–Trinajstić information content (AvgIpc) is 2.99. The highest BCUT2D eigenvalue weighted by atomic mass is 35.5. The van der Waals surface area contributed by atoms with Crippen molar-refractivity contribution in [3.8, 4) is 0 Å². The SMILES string of the molecule is CCc1ccc(N(CC(=O)N(Cc2cccc(Cl)c2)[C@@H](C)C(=O)NC2CCCCC2)S(=O)(=O)c2ccccc2)cc1. The van der Waals surface area contributed by atoms with E-state index < -0.39 is 28.5 Å². The third kappa shape index (κ3) is 7.89. The van der Waals surface area contributed by atoms with Crippen molar-refractivity contribution in [3.05, 3.63) is 95.0 Å². The fourth-order valence-electron chi connectivity index (χ4n) is 5.13. The quantitative estimate of drug-likeness (QED) is 0.296. The lowest BCUT2D eigenvalue weighted by Crippen LogP contribution is -2.53. The largest absolute Gasteiger partial charge is 0.352 e. The van der Waals surface area contributed by atoms with Crippen molar-refractivity contribution in [2.24, 2.45) is 0 Å². The Hall–Kier alpha value is -3.36. The van der Waals surface area contributed by atoms with E-state index in [2.05, 4.69) is 5.32 Å². The molecule has 7 nitrogen and oxygen atoms in total. The summed E-state index contributed by atoms with van der Waals surface area (Å²) in [6.07, 6.45) is 5.91. The van der Waals surface area contributed by atoms with Gasteiger partial charge in [-0.2, -0.15) is 0 Å². The minimum Gasteiger partial charge on any atom is -0.352 e. The molecule has 0 aromatic heterocycles. The minimum absolute atomic E-state index is 0.0776. The molecule has 0 spiro atoms. The Balaban J connectivity index is 1.67. The van der Waals surface area contributed by atoms with Crippen LogP contribution in [0.15, 0.2) is 83.8 Å². The molecule has 1 N–H and O–H groups in total. The predicted octanol–water partition coefficient (Wildman–Crippen LogP) is 5.96. The molecule has 41 heavy (non-hydrogen) atoms. The zero-order chi connectivity index (χ0) is 29.4. The maximum absolute atomic E-state index is 14.1. The van der Waals surface area contributed by atoms with Gasteiger partial charge in [-0.25, -0.2) is 8.42 Å². The number of sulfonamides is 1. The number of carbonyl (C=O) groups excluding carboxylic acids is 2.